The number of sulfone groups is 1. The Morgan fingerprint density at radius 1 is 1.03 bits per heavy atom. The normalized spacial score (nSPS) is 12.8. The Hall–Kier alpha value is -3.14. The topological polar surface area (TPSA) is 60.7 Å². The van der Waals surface area contributed by atoms with Gasteiger partial charge in [0.05, 0.1) is 10.6 Å². The van der Waals surface area contributed by atoms with E-state index in [9.17, 15) is 26.0 Å². The van der Waals surface area contributed by atoms with Gasteiger partial charge in [0.2, 0.25) is 0 Å². The standard InChI is InChI=1S/C21H18F4N2O3S/c1-13-18(20(26-30-2)21(23,24)25)12-19(27(13)16-8-6-15(22)7-9-16)14-4-10-17(11-5-14)31(3,28)29/h4-12H,1-3H3. The molecular weight excluding hydrogens is 436 g/mol. The molecular formula is C21H18F4N2O3S. The van der Waals surface area contributed by atoms with E-state index in [0.29, 0.717) is 16.9 Å². The van der Waals surface area contributed by atoms with E-state index in [4.69, 9.17) is 0 Å². The van der Waals surface area contributed by atoms with Gasteiger partial charge in [-0.05, 0) is 55.0 Å². The summed E-state index contributed by atoms with van der Waals surface area (Å²) in [6.45, 7) is 1.48. The van der Waals surface area contributed by atoms with Crippen molar-refractivity contribution in [2.45, 2.75) is 18.0 Å². The van der Waals surface area contributed by atoms with Gasteiger partial charge in [-0.25, -0.2) is 12.8 Å². The van der Waals surface area contributed by atoms with Crippen LogP contribution in [0, 0.1) is 12.7 Å². The van der Waals surface area contributed by atoms with Crippen LogP contribution in [0.25, 0.3) is 16.9 Å². The van der Waals surface area contributed by atoms with Gasteiger partial charge in [-0.15, -0.1) is 0 Å². The van der Waals surface area contributed by atoms with Gasteiger partial charge in [0.15, 0.2) is 15.5 Å². The maximum absolute atomic E-state index is 13.6. The van der Waals surface area contributed by atoms with Crippen LogP contribution in [0.2, 0.25) is 0 Å². The number of rotatable bonds is 5. The first-order valence-corrected chi connectivity index (χ1v) is 10.8. The number of nitrogens with zero attached hydrogens (tertiary/aromatic N) is 2. The molecule has 3 aromatic rings. The third-order valence-corrected chi connectivity index (χ3v) is 5.74. The van der Waals surface area contributed by atoms with E-state index >= 15 is 0 Å². The lowest BCUT2D eigenvalue weighted by atomic mass is 10.1. The van der Waals surface area contributed by atoms with Crippen LogP contribution in [0.5, 0.6) is 0 Å². The van der Waals surface area contributed by atoms with Crippen molar-refractivity contribution < 1.29 is 30.8 Å². The highest BCUT2D eigenvalue weighted by Gasteiger charge is 2.40. The zero-order valence-corrected chi connectivity index (χ0v) is 17.6. The van der Waals surface area contributed by atoms with Gasteiger partial charge in [0.25, 0.3) is 0 Å². The molecule has 0 amide bonds. The predicted octanol–water partition coefficient (Wildman–Crippen LogP) is 4.91. The molecule has 1 heterocycles. The Balaban J connectivity index is 2.29. The van der Waals surface area contributed by atoms with Crippen LogP contribution in [0.15, 0.2) is 64.6 Å². The molecule has 0 saturated carbocycles. The fourth-order valence-electron chi connectivity index (χ4n) is 3.20. The molecule has 0 radical (unpaired) electrons. The lowest BCUT2D eigenvalue weighted by Gasteiger charge is -2.13. The summed E-state index contributed by atoms with van der Waals surface area (Å²) in [5, 5.41) is 3.17. The van der Waals surface area contributed by atoms with Gasteiger partial charge in [-0.2, -0.15) is 13.2 Å². The minimum absolute atomic E-state index is 0.0741. The second-order valence-corrected chi connectivity index (χ2v) is 8.77. The van der Waals surface area contributed by atoms with E-state index in [-0.39, 0.29) is 16.2 Å². The number of oxime groups is 1. The molecule has 164 valence electrons. The highest BCUT2D eigenvalue weighted by Crippen LogP contribution is 2.34. The van der Waals surface area contributed by atoms with E-state index in [2.05, 4.69) is 9.99 Å². The molecule has 0 saturated heterocycles. The van der Waals surface area contributed by atoms with Crippen LogP contribution in [-0.2, 0) is 14.7 Å². The summed E-state index contributed by atoms with van der Waals surface area (Å²) < 4.78 is 79.3. The van der Waals surface area contributed by atoms with Crippen molar-refractivity contribution in [2.24, 2.45) is 5.16 Å². The predicted molar refractivity (Wildman–Crippen MR) is 109 cm³/mol. The average Bonchev–Trinajstić information content (AvgIpc) is 3.02. The van der Waals surface area contributed by atoms with Gasteiger partial charge >= 0.3 is 6.18 Å². The van der Waals surface area contributed by atoms with Crippen LogP contribution >= 0.6 is 0 Å². The molecule has 0 aliphatic rings. The van der Waals surface area contributed by atoms with Crippen molar-refractivity contribution >= 4 is 15.5 Å². The molecule has 10 heteroatoms. The van der Waals surface area contributed by atoms with Crippen molar-refractivity contribution in [2.75, 3.05) is 13.4 Å². The van der Waals surface area contributed by atoms with Crippen LogP contribution in [0.4, 0.5) is 17.6 Å². The molecule has 0 bridgehead atoms. The number of alkyl halides is 3. The van der Waals surface area contributed by atoms with Gasteiger partial charge in [-0.1, -0.05) is 17.3 Å². The van der Waals surface area contributed by atoms with E-state index in [1.165, 1.54) is 66.1 Å². The van der Waals surface area contributed by atoms with E-state index < -0.39 is 27.5 Å². The van der Waals surface area contributed by atoms with Crippen molar-refractivity contribution in [3.8, 4) is 16.9 Å². The first-order valence-electron chi connectivity index (χ1n) is 8.91. The number of hydrogen-bond donors (Lipinski definition) is 0. The van der Waals surface area contributed by atoms with Crippen molar-refractivity contribution in [3.63, 3.8) is 0 Å². The molecule has 31 heavy (non-hydrogen) atoms. The summed E-state index contributed by atoms with van der Waals surface area (Å²) in [5.74, 6) is -0.496. The summed E-state index contributed by atoms with van der Waals surface area (Å²) in [6, 6.07) is 12.3. The summed E-state index contributed by atoms with van der Waals surface area (Å²) >= 11 is 0. The molecule has 0 aliphatic carbocycles. The summed E-state index contributed by atoms with van der Waals surface area (Å²) in [4.78, 5) is 4.49. The quantitative estimate of drug-likeness (QED) is 0.313. The molecule has 2 aromatic carbocycles. The van der Waals surface area contributed by atoms with Gasteiger partial charge in [0, 0.05) is 23.2 Å². The average molecular weight is 454 g/mol. The molecule has 0 fully saturated rings. The summed E-state index contributed by atoms with van der Waals surface area (Å²) in [6.07, 6.45) is -3.73. The number of hydrogen-bond acceptors (Lipinski definition) is 4. The van der Waals surface area contributed by atoms with Crippen LogP contribution in [0.3, 0.4) is 0 Å². The second-order valence-electron chi connectivity index (χ2n) is 6.76. The largest absolute Gasteiger partial charge is 0.437 e. The third-order valence-electron chi connectivity index (χ3n) is 4.62. The minimum atomic E-state index is -4.78. The maximum atomic E-state index is 13.6. The molecule has 0 atom stereocenters. The SMILES string of the molecule is CON=C(c1cc(-c2ccc(S(C)(=O)=O)cc2)n(-c2ccc(F)cc2)c1C)C(F)(F)F. The molecule has 1 aromatic heterocycles. The van der Waals surface area contributed by atoms with Crippen LogP contribution in [0.1, 0.15) is 11.3 Å². The van der Waals surface area contributed by atoms with Crippen LogP contribution in [-0.4, -0.2) is 38.2 Å². The zero-order valence-electron chi connectivity index (χ0n) is 16.7. The van der Waals surface area contributed by atoms with E-state index in [1.807, 2.05) is 0 Å². The van der Waals surface area contributed by atoms with Gasteiger partial charge < -0.3 is 9.40 Å². The molecule has 0 unspecified atom stereocenters. The Bertz CT molecular complexity index is 1230. The summed E-state index contributed by atoms with van der Waals surface area (Å²) in [7, 11) is -2.43. The molecule has 0 aliphatic heterocycles. The third kappa shape index (κ3) is 4.63. The highest BCUT2D eigenvalue weighted by atomic mass is 32.2. The Morgan fingerprint density at radius 3 is 2.10 bits per heavy atom. The fraction of sp³-hybridized carbons (Fsp3) is 0.190. The lowest BCUT2D eigenvalue weighted by molar-refractivity contribution is -0.0608. The van der Waals surface area contributed by atoms with E-state index in [1.54, 1.807) is 0 Å². The van der Waals surface area contributed by atoms with Gasteiger partial charge in [-0.3, -0.25) is 0 Å². The lowest BCUT2D eigenvalue weighted by Crippen LogP contribution is -2.25. The first-order chi connectivity index (χ1) is 14.4. The first kappa shape index (κ1) is 22.5. The minimum Gasteiger partial charge on any atom is -0.399 e. The van der Waals surface area contributed by atoms with Crippen molar-refractivity contribution in [1.82, 2.24) is 4.57 Å². The Kier molecular flexibility index (Phi) is 5.95. The summed E-state index contributed by atoms with van der Waals surface area (Å²) in [5.41, 5.74) is -0.0198. The molecule has 3 rings (SSSR count). The smallest absolute Gasteiger partial charge is 0.399 e. The molecule has 5 nitrogen and oxygen atoms in total. The number of benzene rings is 2. The van der Waals surface area contributed by atoms with Gasteiger partial charge in [0.1, 0.15) is 12.9 Å². The zero-order chi connectivity index (χ0) is 23.0. The fourth-order valence-corrected chi connectivity index (χ4v) is 3.83. The molecule has 0 spiro atoms. The van der Waals surface area contributed by atoms with Crippen molar-refractivity contribution in [3.05, 3.63) is 71.7 Å². The highest BCUT2D eigenvalue weighted by molar-refractivity contribution is 7.90. The molecule has 0 N–H and O–H groups in total. The Labute approximate surface area is 176 Å². The second kappa shape index (κ2) is 8.18. The Morgan fingerprint density at radius 2 is 1.61 bits per heavy atom. The van der Waals surface area contributed by atoms with Crippen LogP contribution < -0.4 is 0 Å². The number of aromatic nitrogens is 1. The monoisotopic (exact) mass is 454 g/mol. The number of halogens is 4. The van der Waals surface area contributed by atoms with Crippen molar-refractivity contribution in [1.29, 1.82) is 0 Å². The maximum Gasteiger partial charge on any atom is 0.437 e. The van der Waals surface area contributed by atoms with E-state index in [0.717, 1.165) is 13.4 Å².